The standard InChI is InChI=1S/C16H24BrN/c1-10-7-11(2)9-13(8-10)16(18)14-6-4-5-12(3)15(14)17/h4-6,10-11,13,16H,7-9,18H2,1-3H3. The Morgan fingerprint density at radius 2 is 1.78 bits per heavy atom. The molecule has 3 unspecified atom stereocenters. The SMILES string of the molecule is Cc1cccc(C(N)C2CC(C)CC(C)C2)c1Br. The van der Waals surface area contributed by atoms with Crippen LogP contribution in [0.1, 0.15) is 50.3 Å². The fourth-order valence-electron chi connectivity index (χ4n) is 3.48. The van der Waals surface area contributed by atoms with E-state index in [-0.39, 0.29) is 6.04 Å². The van der Waals surface area contributed by atoms with Crippen molar-refractivity contribution in [1.29, 1.82) is 0 Å². The number of benzene rings is 1. The van der Waals surface area contributed by atoms with Crippen LogP contribution in [0.5, 0.6) is 0 Å². The molecule has 1 aliphatic carbocycles. The van der Waals surface area contributed by atoms with Crippen LogP contribution in [0.4, 0.5) is 0 Å². The summed E-state index contributed by atoms with van der Waals surface area (Å²) in [7, 11) is 0. The lowest BCUT2D eigenvalue weighted by atomic mass is 9.72. The Kier molecular flexibility index (Phi) is 4.50. The van der Waals surface area contributed by atoms with E-state index < -0.39 is 0 Å². The topological polar surface area (TPSA) is 26.0 Å². The molecule has 0 spiro atoms. The van der Waals surface area contributed by atoms with E-state index in [1.807, 2.05) is 0 Å². The molecule has 0 aliphatic heterocycles. The quantitative estimate of drug-likeness (QED) is 0.832. The molecule has 0 heterocycles. The van der Waals surface area contributed by atoms with Crippen molar-refractivity contribution in [3.05, 3.63) is 33.8 Å². The van der Waals surface area contributed by atoms with Gasteiger partial charge in [0.2, 0.25) is 0 Å². The van der Waals surface area contributed by atoms with Gasteiger partial charge < -0.3 is 5.73 Å². The van der Waals surface area contributed by atoms with Crippen molar-refractivity contribution in [2.45, 2.75) is 46.1 Å². The molecular formula is C16H24BrN. The van der Waals surface area contributed by atoms with Crippen LogP contribution in [0, 0.1) is 24.7 Å². The highest BCUT2D eigenvalue weighted by Crippen LogP contribution is 2.40. The minimum atomic E-state index is 0.171. The molecule has 1 nitrogen and oxygen atoms in total. The summed E-state index contributed by atoms with van der Waals surface area (Å²) in [5, 5.41) is 0. The lowest BCUT2D eigenvalue weighted by Crippen LogP contribution is -2.29. The van der Waals surface area contributed by atoms with Crippen LogP contribution in [0.3, 0.4) is 0 Å². The summed E-state index contributed by atoms with van der Waals surface area (Å²) in [4.78, 5) is 0. The fourth-order valence-corrected chi connectivity index (χ4v) is 4.01. The summed E-state index contributed by atoms with van der Waals surface area (Å²) in [6.07, 6.45) is 3.90. The van der Waals surface area contributed by atoms with E-state index in [9.17, 15) is 0 Å². The lowest BCUT2D eigenvalue weighted by Gasteiger charge is -2.35. The highest BCUT2D eigenvalue weighted by molar-refractivity contribution is 9.10. The molecule has 1 aliphatic rings. The van der Waals surface area contributed by atoms with Gasteiger partial charge in [-0.2, -0.15) is 0 Å². The van der Waals surface area contributed by atoms with Crippen LogP contribution in [0.15, 0.2) is 22.7 Å². The zero-order chi connectivity index (χ0) is 13.3. The molecule has 2 heteroatoms. The van der Waals surface area contributed by atoms with Crippen molar-refractivity contribution in [3.63, 3.8) is 0 Å². The molecule has 1 fully saturated rings. The van der Waals surface area contributed by atoms with Gasteiger partial charge in [0.15, 0.2) is 0 Å². The summed E-state index contributed by atoms with van der Waals surface area (Å²) in [5.41, 5.74) is 9.09. The molecule has 0 amide bonds. The summed E-state index contributed by atoms with van der Waals surface area (Å²) in [6, 6.07) is 6.59. The van der Waals surface area contributed by atoms with E-state index in [0.29, 0.717) is 5.92 Å². The minimum Gasteiger partial charge on any atom is -0.324 e. The third kappa shape index (κ3) is 2.97. The predicted molar refractivity (Wildman–Crippen MR) is 81.5 cm³/mol. The molecular weight excluding hydrogens is 286 g/mol. The van der Waals surface area contributed by atoms with Crippen LogP contribution in [-0.4, -0.2) is 0 Å². The van der Waals surface area contributed by atoms with Gasteiger partial charge in [-0.15, -0.1) is 0 Å². The second kappa shape index (κ2) is 5.75. The molecule has 0 radical (unpaired) electrons. The van der Waals surface area contributed by atoms with Crippen LogP contribution < -0.4 is 5.73 Å². The Balaban J connectivity index is 2.20. The van der Waals surface area contributed by atoms with Gasteiger partial charge in [0.25, 0.3) is 0 Å². The number of aryl methyl sites for hydroxylation is 1. The molecule has 1 aromatic carbocycles. The Labute approximate surface area is 119 Å². The van der Waals surface area contributed by atoms with E-state index in [4.69, 9.17) is 5.73 Å². The second-order valence-electron chi connectivity index (χ2n) is 6.18. The smallest absolute Gasteiger partial charge is 0.0335 e. The maximum atomic E-state index is 6.53. The summed E-state index contributed by atoms with van der Waals surface area (Å²) >= 11 is 3.70. The highest BCUT2D eigenvalue weighted by Gasteiger charge is 2.29. The molecule has 0 saturated heterocycles. The largest absolute Gasteiger partial charge is 0.324 e. The summed E-state index contributed by atoms with van der Waals surface area (Å²) < 4.78 is 1.20. The average Bonchev–Trinajstić information content (AvgIpc) is 2.30. The fraction of sp³-hybridized carbons (Fsp3) is 0.625. The molecule has 2 rings (SSSR count). The molecule has 100 valence electrons. The number of nitrogens with two attached hydrogens (primary N) is 1. The van der Waals surface area contributed by atoms with Gasteiger partial charge in [-0.1, -0.05) is 48.0 Å². The highest BCUT2D eigenvalue weighted by atomic mass is 79.9. The minimum absolute atomic E-state index is 0.171. The Morgan fingerprint density at radius 3 is 2.39 bits per heavy atom. The van der Waals surface area contributed by atoms with Crippen molar-refractivity contribution < 1.29 is 0 Å². The summed E-state index contributed by atoms with van der Waals surface area (Å²) in [6.45, 7) is 6.85. The third-order valence-corrected chi connectivity index (χ3v) is 5.39. The Bertz CT molecular complexity index is 406. The maximum Gasteiger partial charge on any atom is 0.0335 e. The van der Waals surface area contributed by atoms with Gasteiger partial charge >= 0.3 is 0 Å². The normalized spacial score (nSPS) is 30.2. The lowest BCUT2D eigenvalue weighted by molar-refractivity contribution is 0.193. The number of halogens is 1. The molecule has 0 aromatic heterocycles. The van der Waals surface area contributed by atoms with Crippen molar-refractivity contribution >= 4 is 15.9 Å². The molecule has 2 N–H and O–H groups in total. The predicted octanol–water partition coefficient (Wildman–Crippen LogP) is 4.83. The van der Waals surface area contributed by atoms with Gasteiger partial charge in [0.05, 0.1) is 0 Å². The molecule has 18 heavy (non-hydrogen) atoms. The van der Waals surface area contributed by atoms with Crippen molar-refractivity contribution in [3.8, 4) is 0 Å². The van der Waals surface area contributed by atoms with E-state index >= 15 is 0 Å². The van der Waals surface area contributed by atoms with Crippen LogP contribution in [0.25, 0.3) is 0 Å². The van der Waals surface area contributed by atoms with Crippen molar-refractivity contribution in [1.82, 2.24) is 0 Å². The van der Waals surface area contributed by atoms with Crippen molar-refractivity contribution in [2.75, 3.05) is 0 Å². The monoisotopic (exact) mass is 309 g/mol. The molecule has 0 bridgehead atoms. The Hall–Kier alpha value is -0.340. The zero-order valence-corrected chi connectivity index (χ0v) is 13.2. The van der Waals surface area contributed by atoms with Gasteiger partial charge in [0.1, 0.15) is 0 Å². The number of hydrogen-bond donors (Lipinski definition) is 1. The van der Waals surface area contributed by atoms with E-state index in [0.717, 1.165) is 11.8 Å². The van der Waals surface area contributed by atoms with Gasteiger partial charge in [-0.05, 0) is 55.1 Å². The first kappa shape index (κ1) is 14.1. The first-order valence-electron chi connectivity index (χ1n) is 6.99. The number of hydrogen-bond acceptors (Lipinski definition) is 1. The van der Waals surface area contributed by atoms with Crippen molar-refractivity contribution in [2.24, 2.45) is 23.5 Å². The van der Waals surface area contributed by atoms with Gasteiger partial charge in [-0.3, -0.25) is 0 Å². The third-order valence-electron chi connectivity index (χ3n) is 4.30. The van der Waals surface area contributed by atoms with E-state index in [1.54, 1.807) is 0 Å². The molecule has 1 saturated carbocycles. The molecule has 1 aromatic rings. The van der Waals surface area contributed by atoms with E-state index in [1.165, 1.54) is 34.9 Å². The first-order chi connectivity index (χ1) is 8.49. The zero-order valence-electron chi connectivity index (χ0n) is 11.6. The average molecular weight is 310 g/mol. The van der Waals surface area contributed by atoms with Crippen LogP contribution in [-0.2, 0) is 0 Å². The maximum absolute atomic E-state index is 6.53. The van der Waals surface area contributed by atoms with Gasteiger partial charge in [-0.25, -0.2) is 0 Å². The Morgan fingerprint density at radius 1 is 1.17 bits per heavy atom. The second-order valence-corrected chi connectivity index (χ2v) is 6.97. The first-order valence-corrected chi connectivity index (χ1v) is 7.79. The molecule has 3 atom stereocenters. The van der Waals surface area contributed by atoms with Crippen LogP contribution >= 0.6 is 15.9 Å². The van der Waals surface area contributed by atoms with E-state index in [2.05, 4.69) is 54.9 Å². The van der Waals surface area contributed by atoms with Gasteiger partial charge in [0, 0.05) is 10.5 Å². The van der Waals surface area contributed by atoms with Crippen LogP contribution in [0.2, 0.25) is 0 Å². The number of rotatable bonds is 2. The summed E-state index contributed by atoms with van der Waals surface area (Å²) in [5.74, 6) is 2.25.